The van der Waals surface area contributed by atoms with Crippen LogP contribution in [0, 0.1) is 11.8 Å². The summed E-state index contributed by atoms with van der Waals surface area (Å²) in [5.41, 5.74) is 0. The minimum atomic E-state index is -0.0694. The van der Waals surface area contributed by atoms with Crippen molar-refractivity contribution in [3.8, 4) is 0 Å². The highest BCUT2D eigenvalue weighted by Crippen LogP contribution is 2.18. The number of aliphatic imine (C=N–C) groups is 1. The SMILES string of the molecule is CCOC(=O)C1CCCN(C(=NC)NCC2CCN(C)C2)C1.I. The van der Waals surface area contributed by atoms with Gasteiger partial charge in [0.1, 0.15) is 0 Å². The molecule has 2 fully saturated rings. The van der Waals surface area contributed by atoms with Crippen LogP contribution < -0.4 is 5.32 Å². The molecule has 0 aromatic carbocycles. The van der Waals surface area contributed by atoms with E-state index in [1.807, 2.05) is 14.0 Å². The number of nitrogens with one attached hydrogen (secondary N) is 1. The molecule has 0 aromatic rings. The van der Waals surface area contributed by atoms with Gasteiger partial charge in [0.15, 0.2) is 5.96 Å². The standard InChI is InChI=1S/C16H30N4O2.HI/c1-4-22-15(21)14-6-5-8-20(12-14)16(17-2)18-10-13-7-9-19(3)11-13;/h13-14H,4-12H2,1-3H3,(H,17,18);1H. The van der Waals surface area contributed by atoms with Crippen molar-refractivity contribution >= 4 is 35.9 Å². The van der Waals surface area contributed by atoms with Crippen LogP contribution in [0.4, 0.5) is 0 Å². The van der Waals surface area contributed by atoms with Gasteiger partial charge in [0.25, 0.3) is 0 Å². The number of piperidine rings is 1. The number of guanidine groups is 1. The van der Waals surface area contributed by atoms with Crippen molar-refractivity contribution in [2.75, 3.05) is 53.4 Å². The lowest BCUT2D eigenvalue weighted by Gasteiger charge is -2.34. The van der Waals surface area contributed by atoms with Crippen molar-refractivity contribution in [1.29, 1.82) is 0 Å². The number of likely N-dealkylation sites (tertiary alicyclic amines) is 2. The maximum atomic E-state index is 11.9. The summed E-state index contributed by atoms with van der Waals surface area (Å²) in [5.74, 6) is 1.51. The smallest absolute Gasteiger partial charge is 0.310 e. The van der Waals surface area contributed by atoms with Gasteiger partial charge >= 0.3 is 5.97 Å². The Bertz CT molecular complexity index is 406. The molecule has 0 bridgehead atoms. The van der Waals surface area contributed by atoms with Crippen molar-refractivity contribution in [3.63, 3.8) is 0 Å². The van der Waals surface area contributed by atoms with Crippen LogP contribution in [-0.4, -0.2) is 75.2 Å². The van der Waals surface area contributed by atoms with Crippen LogP contribution in [0.25, 0.3) is 0 Å². The topological polar surface area (TPSA) is 57.2 Å². The van der Waals surface area contributed by atoms with E-state index in [2.05, 4.69) is 27.2 Å². The second kappa shape index (κ2) is 10.3. The molecular formula is C16H31IN4O2. The van der Waals surface area contributed by atoms with E-state index in [4.69, 9.17) is 4.74 Å². The van der Waals surface area contributed by atoms with E-state index in [1.54, 1.807) is 0 Å². The molecule has 1 N–H and O–H groups in total. The van der Waals surface area contributed by atoms with Crippen LogP contribution in [0.2, 0.25) is 0 Å². The molecule has 2 aliphatic rings. The quantitative estimate of drug-likeness (QED) is 0.311. The van der Waals surface area contributed by atoms with Gasteiger partial charge in [-0.3, -0.25) is 9.79 Å². The zero-order chi connectivity index (χ0) is 15.9. The van der Waals surface area contributed by atoms with E-state index >= 15 is 0 Å². The first kappa shape index (κ1) is 20.5. The predicted molar refractivity (Wildman–Crippen MR) is 103 cm³/mol. The molecule has 0 aliphatic carbocycles. The summed E-state index contributed by atoms with van der Waals surface area (Å²) in [7, 11) is 3.99. The van der Waals surface area contributed by atoms with Gasteiger partial charge in [-0.1, -0.05) is 0 Å². The number of hydrogen-bond acceptors (Lipinski definition) is 4. The number of carbonyl (C=O) groups excluding carboxylic acids is 1. The highest BCUT2D eigenvalue weighted by Gasteiger charge is 2.29. The number of ether oxygens (including phenoxy) is 1. The molecule has 23 heavy (non-hydrogen) atoms. The van der Waals surface area contributed by atoms with Gasteiger partial charge in [-0.2, -0.15) is 0 Å². The Hall–Kier alpha value is -0.570. The minimum absolute atomic E-state index is 0. The average molecular weight is 438 g/mol. The van der Waals surface area contributed by atoms with Crippen molar-refractivity contribution in [2.24, 2.45) is 16.8 Å². The molecule has 0 radical (unpaired) electrons. The lowest BCUT2D eigenvalue weighted by atomic mass is 9.98. The van der Waals surface area contributed by atoms with Gasteiger partial charge in [0.2, 0.25) is 0 Å². The first-order valence-electron chi connectivity index (χ1n) is 8.44. The third-order valence-corrected chi connectivity index (χ3v) is 4.59. The second-order valence-corrected chi connectivity index (χ2v) is 6.38. The predicted octanol–water partition coefficient (Wildman–Crippen LogP) is 1.41. The fraction of sp³-hybridized carbons (Fsp3) is 0.875. The van der Waals surface area contributed by atoms with Crippen LogP contribution in [0.3, 0.4) is 0 Å². The molecule has 0 spiro atoms. The third-order valence-electron chi connectivity index (χ3n) is 4.59. The normalized spacial score (nSPS) is 25.9. The van der Waals surface area contributed by atoms with Crippen LogP contribution >= 0.6 is 24.0 Å². The Morgan fingerprint density at radius 2 is 2.09 bits per heavy atom. The molecule has 6 nitrogen and oxygen atoms in total. The molecule has 0 aromatic heterocycles. The minimum Gasteiger partial charge on any atom is -0.466 e. The summed E-state index contributed by atoms with van der Waals surface area (Å²) in [5, 5.41) is 3.49. The molecule has 2 saturated heterocycles. The number of carbonyl (C=O) groups is 1. The van der Waals surface area contributed by atoms with E-state index in [9.17, 15) is 4.79 Å². The number of nitrogens with zero attached hydrogens (tertiary/aromatic N) is 3. The monoisotopic (exact) mass is 438 g/mol. The fourth-order valence-electron chi connectivity index (χ4n) is 3.38. The molecule has 7 heteroatoms. The number of rotatable bonds is 4. The molecule has 2 aliphatic heterocycles. The highest BCUT2D eigenvalue weighted by atomic mass is 127. The van der Waals surface area contributed by atoms with Crippen LogP contribution in [0.15, 0.2) is 4.99 Å². The highest BCUT2D eigenvalue weighted by molar-refractivity contribution is 14.0. The van der Waals surface area contributed by atoms with Gasteiger partial charge < -0.3 is 19.9 Å². The van der Waals surface area contributed by atoms with Gasteiger partial charge in [-0.25, -0.2) is 0 Å². The van der Waals surface area contributed by atoms with E-state index in [1.165, 1.54) is 13.0 Å². The largest absolute Gasteiger partial charge is 0.466 e. The summed E-state index contributed by atoms with van der Waals surface area (Å²) >= 11 is 0. The molecule has 2 atom stereocenters. The number of esters is 1. The summed E-state index contributed by atoms with van der Waals surface area (Å²) < 4.78 is 5.16. The summed E-state index contributed by atoms with van der Waals surface area (Å²) in [4.78, 5) is 20.9. The maximum Gasteiger partial charge on any atom is 0.310 e. The molecule has 0 saturated carbocycles. The van der Waals surface area contributed by atoms with Crippen LogP contribution in [0.5, 0.6) is 0 Å². The Labute approximate surface area is 157 Å². The molecule has 2 rings (SSSR count). The summed E-state index contributed by atoms with van der Waals surface area (Å²) in [6, 6.07) is 0. The van der Waals surface area contributed by atoms with Crippen molar-refractivity contribution in [1.82, 2.24) is 15.1 Å². The van der Waals surface area contributed by atoms with E-state index < -0.39 is 0 Å². The molecule has 2 unspecified atom stereocenters. The third kappa shape index (κ3) is 6.10. The molecular weight excluding hydrogens is 407 g/mol. The lowest BCUT2D eigenvalue weighted by molar-refractivity contribution is -0.149. The second-order valence-electron chi connectivity index (χ2n) is 6.38. The summed E-state index contributed by atoms with van der Waals surface area (Å²) in [6.07, 6.45) is 3.17. The zero-order valence-corrected chi connectivity index (χ0v) is 16.9. The zero-order valence-electron chi connectivity index (χ0n) is 14.6. The van der Waals surface area contributed by atoms with Gasteiger partial charge in [-0.15, -0.1) is 24.0 Å². The van der Waals surface area contributed by atoms with E-state index in [-0.39, 0.29) is 35.9 Å². The first-order valence-corrected chi connectivity index (χ1v) is 8.44. The Balaban J connectivity index is 0.00000264. The van der Waals surface area contributed by atoms with Gasteiger partial charge in [0, 0.05) is 33.2 Å². The fourth-order valence-corrected chi connectivity index (χ4v) is 3.38. The summed E-state index contributed by atoms with van der Waals surface area (Å²) in [6.45, 7) is 7.27. The van der Waals surface area contributed by atoms with Crippen LogP contribution in [0.1, 0.15) is 26.2 Å². The molecule has 2 heterocycles. The van der Waals surface area contributed by atoms with Crippen LogP contribution in [-0.2, 0) is 9.53 Å². The van der Waals surface area contributed by atoms with Crippen molar-refractivity contribution in [3.05, 3.63) is 0 Å². The lowest BCUT2D eigenvalue weighted by Crippen LogP contribution is -2.49. The molecule has 0 amide bonds. The van der Waals surface area contributed by atoms with E-state index in [0.29, 0.717) is 19.1 Å². The van der Waals surface area contributed by atoms with Crippen molar-refractivity contribution in [2.45, 2.75) is 26.2 Å². The van der Waals surface area contributed by atoms with E-state index in [0.717, 1.165) is 38.4 Å². The first-order chi connectivity index (χ1) is 10.6. The van der Waals surface area contributed by atoms with Crippen molar-refractivity contribution < 1.29 is 9.53 Å². The number of halogens is 1. The molecule has 134 valence electrons. The maximum absolute atomic E-state index is 11.9. The Morgan fingerprint density at radius 3 is 2.70 bits per heavy atom. The van der Waals surface area contributed by atoms with Gasteiger partial charge in [-0.05, 0) is 45.7 Å². The Morgan fingerprint density at radius 1 is 1.30 bits per heavy atom. The number of hydrogen-bond donors (Lipinski definition) is 1. The Kier molecular flexibility index (Phi) is 9.19. The average Bonchev–Trinajstić information content (AvgIpc) is 2.94. The van der Waals surface area contributed by atoms with Gasteiger partial charge in [0.05, 0.1) is 12.5 Å².